The van der Waals surface area contributed by atoms with Crippen molar-refractivity contribution in [3.05, 3.63) is 48.3 Å². The van der Waals surface area contributed by atoms with Crippen LogP contribution in [0.2, 0.25) is 0 Å². The molecule has 2 rings (SSSR count). The van der Waals surface area contributed by atoms with Crippen molar-refractivity contribution in [1.82, 2.24) is 9.80 Å². The summed E-state index contributed by atoms with van der Waals surface area (Å²) in [5.41, 5.74) is 1.45. The van der Waals surface area contributed by atoms with Gasteiger partial charge in [0.15, 0.2) is 0 Å². The number of nitrogens with zero attached hydrogens (tertiary/aromatic N) is 2. The maximum Gasteiger partial charge on any atom is 0.127 e. The normalized spacial score (nSPS) is 15.0. The van der Waals surface area contributed by atoms with Gasteiger partial charge in [-0.05, 0) is 18.4 Å². The lowest BCUT2D eigenvalue weighted by Crippen LogP contribution is -2.32. The molecule has 1 heterocycles. The average molecular weight is 553 g/mol. The Kier molecular flexibility index (Phi) is 22.0. The fourth-order valence-electron chi connectivity index (χ4n) is 6.37. The van der Waals surface area contributed by atoms with Crippen molar-refractivity contribution in [1.29, 1.82) is 0 Å². The molecular formula is C38H68N2. The zero-order valence-corrected chi connectivity index (χ0v) is 27.1. The molecule has 0 spiro atoms. The first-order valence-corrected chi connectivity index (χ1v) is 18.1. The molecule has 0 N–H and O–H groups in total. The summed E-state index contributed by atoms with van der Waals surface area (Å²) >= 11 is 0. The van der Waals surface area contributed by atoms with E-state index in [1.54, 1.807) is 0 Å². The summed E-state index contributed by atoms with van der Waals surface area (Å²) in [6, 6.07) is 11.2. The topological polar surface area (TPSA) is 6.48 Å². The number of hydrogen-bond acceptors (Lipinski definition) is 2. The number of benzene rings is 1. The quantitative estimate of drug-likeness (QED) is 0.0954. The summed E-state index contributed by atoms with van der Waals surface area (Å²) in [7, 11) is 0. The minimum Gasteiger partial charge on any atom is -0.352 e. The predicted molar refractivity (Wildman–Crippen MR) is 179 cm³/mol. The van der Waals surface area contributed by atoms with Crippen LogP contribution in [0.5, 0.6) is 0 Å². The van der Waals surface area contributed by atoms with Crippen molar-refractivity contribution in [2.75, 3.05) is 13.1 Å². The molecule has 1 unspecified atom stereocenters. The molecule has 0 bridgehead atoms. The summed E-state index contributed by atoms with van der Waals surface area (Å²) in [5, 5.41) is 0. The Bertz CT molecular complexity index is 684. The van der Waals surface area contributed by atoms with Crippen LogP contribution in [0.25, 0.3) is 0 Å². The van der Waals surface area contributed by atoms with E-state index in [4.69, 9.17) is 0 Å². The van der Waals surface area contributed by atoms with Gasteiger partial charge in [0.05, 0.1) is 0 Å². The van der Waals surface area contributed by atoms with Crippen LogP contribution in [0.4, 0.5) is 0 Å². The fraction of sp³-hybridized carbons (Fsp3) is 0.789. The van der Waals surface area contributed by atoms with Gasteiger partial charge in [-0.25, -0.2) is 0 Å². The Hall–Kier alpha value is -1.44. The molecule has 0 aromatic heterocycles. The first-order valence-electron chi connectivity index (χ1n) is 18.1. The van der Waals surface area contributed by atoms with E-state index in [-0.39, 0.29) is 0 Å². The standard InChI is InChI=1S/C38H68N2/c1-3-5-7-9-11-13-15-17-19-21-23-25-30-34-40-36-35-39(38(40)37-31-27-26-28-32-37)33-29-24-22-20-18-16-14-12-10-8-6-4-2/h26-28,31-32,35-36,38H,3-25,29-30,33-34H2,1-2H3. The third-order valence-corrected chi connectivity index (χ3v) is 8.97. The van der Waals surface area contributed by atoms with Crippen molar-refractivity contribution in [3.63, 3.8) is 0 Å². The molecule has 0 amide bonds. The van der Waals surface area contributed by atoms with Crippen LogP contribution in [0, 0.1) is 0 Å². The maximum absolute atomic E-state index is 2.61. The molecule has 0 saturated heterocycles. The van der Waals surface area contributed by atoms with Gasteiger partial charge >= 0.3 is 0 Å². The largest absolute Gasteiger partial charge is 0.352 e. The number of hydrogen-bond donors (Lipinski definition) is 0. The number of rotatable bonds is 28. The highest BCUT2D eigenvalue weighted by molar-refractivity contribution is 5.21. The van der Waals surface area contributed by atoms with Gasteiger partial charge in [0.1, 0.15) is 6.17 Å². The monoisotopic (exact) mass is 553 g/mol. The predicted octanol–water partition coefficient (Wildman–Crippen LogP) is 12.6. The minimum absolute atomic E-state index is 0.395. The molecule has 1 aliphatic heterocycles. The lowest BCUT2D eigenvalue weighted by atomic mass is 10.0. The number of unbranched alkanes of at least 4 members (excludes halogenated alkanes) is 23. The van der Waals surface area contributed by atoms with Crippen molar-refractivity contribution in [2.24, 2.45) is 0 Å². The van der Waals surface area contributed by atoms with Crippen LogP contribution in [-0.2, 0) is 0 Å². The highest BCUT2D eigenvalue weighted by atomic mass is 15.4. The third kappa shape index (κ3) is 16.7. The summed E-state index contributed by atoms with van der Waals surface area (Å²) in [4.78, 5) is 5.21. The summed E-state index contributed by atoms with van der Waals surface area (Å²) in [6.45, 7) is 6.98. The Morgan fingerprint density at radius 3 is 1.02 bits per heavy atom. The summed E-state index contributed by atoms with van der Waals surface area (Å²) in [6.07, 6.45) is 40.7. The van der Waals surface area contributed by atoms with Gasteiger partial charge in [-0.2, -0.15) is 0 Å². The Morgan fingerprint density at radius 2 is 0.700 bits per heavy atom. The second-order valence-electron chi connectivity index (χ2n) is 12.7. The van der Waals surface area contributed by atoms with Crippen LogP contribution in [0.3, 0.4) is 0 Å². The van der Waals surface area contributed by atoms with E-state index in [1.807, 2.05) is 0 Å². The zero-order chi connectivity index (χ0) is 28.4. The molecule has 1 aromatic rings. The second kappa shape index (κ2) is 25.3. The van der Waals surface area contributed by atoms with Gasteiger partial charge in [0, 0.05) is 25.5 Å². The molecule has 0 aliphatic carbocycles. The van der Waals surface area contributed by atoms with Crippen LogP contribution in [0.1, 0.15) is 186 Å². The smallest absolute Gasteiger partial charge is 0.127 e. The average Bonchev–Trinajstić information content (AvgIpc) is 3.39. The lowest BCUT2D eigenvalue weighted by Gasteiger charge is -2.33. The van der Waals surface area contributed by atoms with Gasteiger partial charge in [-0.1, -0.05) is 192 Å². The highest BCUT2D eigenvalue weighted by Gasteiger charge is 2.26. The van der Waals surface area contributed by atoms with E-state index in [9.17, 15) is 0 Å². The molecule has 1 atom stereocenters. The maximum atomic E-state index is 2.61. The molecule has 0 radical (unpaired) electrons. The van der Waals surface area contributed by atoms with Crippen LogP contribution in [-0.4, -0.2) is 22.9 Å². The van der Waals surface area contributed by atoms with E-state index >= 15 is 0 Å². The SMILES string of the molecule is CCCCCCCCCCCCCCCN1C=CN(CCCCCCCCCCCCCC)C1c1ccccc1. The summed E-state index contributed by atoms with van der Waals surface area (Å²) in [5.74, 6) is 0. The third-order valence-electron chi connectivity index (χ3n) is 8.97. The molecule has 230 valence electrons. The first-order chi connectivity index (χ1) is 19.9. The molecule has 0 saturated carbocycles. The zero-order valence-electron chi connectivity index (χ0n) is 27.1. The van der Waals surface area contributed by atoms with Gasteiger partial charge in [0.25, 0.3) is 0 Å². The van der Waals surface area contributed by atoms with Gasteiger partial charge in [-0.15, -0.1) is 0 Å². The first kappa shape index (κ1) is 34.8. The lowest BCUT2D eigenvalue weighted by molar-refractivity contribution is 0.149. The van der Waals surface area contributed by atoms with E-state index in [0.29, 0.717) is 6.17 Å². The van der Waals surface area contributed by atoms with Crippen molar-refractivity contribution < 1.29 is 0 Å². The Labute approximate surface area is 251 Å². The Morgan fingerprint density at radius 1 is 0.400 bits per heavy atom. The van der Waals surface area contributed by atoms with E-state index in [2.05, 4.69) is 66.4 Å². The molecule has 1 aliphatic rings. The molecule has 2 heteroatoms. The molecule has 40 heavy (non-hydrogen) atoms. The van der Waals surface area contributed by atoms with E-state index in [0.717, 1.165) is 0 Å². The molecule has 2 nitrogen and oxygen atoms in total. The highest BCUT2D eigenvalue weighted by Crippen LogP contribution is 2.31. The van der Waals surface area contributed by atoms with Crippen LogP contribution < -0.4 is 0 Å². The van der Waals surface area contributed by atoms with Crippen molar-refractivity contribution in [2.45, 2.75) is 181 Å². The van der Waals surface area contributed by atoms with Crippen molar-refractivity contribution in [3.8, 4) is 0 Å². The van der Waals surface area contributed by atoms with Gasteiger partial charge < -0.3 is 9.80 Å². The van der Waals surface area contributed by atoms with Crippen LogP contribution in [0.15, 0.2) is 42.7 Å². The minimum atomic E-state index is 0.395. The van der Waals surface area contributed by atoms with Gasteiger partial charge in [0.2, 0.25) is 0 Å². The molecular weight excluding hydrogens is 484 g/mol. The van der Waals surface area contributed by atoms with E-state index < -0.39 is 0 Å². The summed E-state index contributed by atoms with van der Waals surface area (Å²) < 4.78 is 0. The van der Waals surface area contributed by atoms with E-state index in [1.165, 1.54) is 179 Å². The van der Waals surface area contributed by atoms with Gasteiger partial charge in [-0.3, -0.25) is 0 Å². The van der Waals surface area contributed by atoms with Crippen LogP contribution >= 0.6 is 0 Å². The molecule has 0 fully saturated rings. The fourth-order valence-corrected chi connectivity index (χ4v) is 6.37. The Balaban J connectivity index is 1.54. The molecule has 1 aromatic carbocycles. The second-order valence-corrected chi connectivity index (χ2v) is 12.7. The van der Waals surface area contributed by atoms with Crippen molar-refractivity contribution >= 4 is 0 Å².